The minimum Gasteiger partial charge on any atom is -0.367 e. The molecular formula is C14H22N2OS. The second-order valence-corrected chi connectivity index (χ2v) is 7.64. The van der Waals surface area contributed by atoms with Gasteiger partial charge >= 0.3 is 0 Å². The molecule has 0 amide bonds. The maximum absolute atomic E-state index is 11.3. The molecule has 0 unspecified atom stereocenters. The lowest BCUT2D eigenvalue weighted by molar-refractivity contribution is 0.587. The van der Waals surface area contributed by atoms with Gasteiger partial charge in [0.05, 0.1) is 0 Å². The lowest BCUT2D eigenvalue weighted by Crippen LogP contribution is -2.29. The summed E-state index contributed by atoms with van der Waals surface area (Å²) in [5.41, 5.74) is 1.39. The van der Waals surface area contributed by atoms with Crippen LogP contribution in [0.3, 0.4) is 0 Å². The van der Waals surface area contributed by atoms with E-state index in [0.717, 1.165) is 30.2 Å². The number of aromatic nitrogens is 1. The van der Waals surface area contributed by atoms with Gasteiger partial charge in [0.1, 0.15) is 5.82 Å². The van der Waals surface area contributed by atoms with Gasteiger partial charge in [-0.1, -0.05) is 26.8 Å². The molecule has 2 rings (SSSR count). The van der Waals surface area contributed by atoms with Gasteiger partial charge in [0.25, 0.3) is 0 Å². The number of pyridine rings is 1. The third-order valence-corrected chi connectivity index (χ3v) is 4.75. The van der Waals surface area contributed by atoms with Crippen LogP contribution in [0.4, 0.5) is 5.82 Å². The van der Waals surface area contributed by atoms with Crippen LogP contribution in [0.2, 0.25) is 0 Å². The summed E-state index contributed by atoms with van der Waals surface area (Å²) in [6, 6.07) is 4.61. The van der Waals surface area contributed by atoms with E-state index in [-0.39, 0.29) is 5.41 Å². The van der Waals surface area contributed by atoms with Crippen LogP contribution in [0.25, 0.3) is 0 Å². The largest absolute Gasteiger partial charge is 0.367 e. The van der Waals surface area contributed by atoms with Gasteiger partial charge in [-0.05, 0) is 29.9 Å². The van der Waals surface area contributed by atoms with E-state index in [0.29, 0.717) is 6.04 Å². The van der Waals surface area contributed by atoms with Gasteiger partial charge in [0, 0.05) is 34.5 Å². The van der Waals surface area contributed by atoms with Crippen molar-refractivity contribution in [1.82, 2.24) is 4.98 Å². The summed E-state index contributed by atoms with van der Waals surface area (Å²) in [6.07, 6.45) is 3.91. The van der Waals surface area contributed by atoms with Crippen molar-refractivity contribution in [3.05, 3.63) is 23.9 Å². The summed E-state index contributed by atoms with van der Waals surface area (Å²) in [6.45, 7) is 6.56. The Morgan fingerprint density at radius 1 is 1.28 bits per heavy atom. The molecule has 0 aliphatic carbocycles. The van der Waals surface area contributed by atoms with Crippen LogP contribution in [0.1, 0.15) is 39.2 Å². The molecule has 2 heterocycles. The van der Waals surface area contributed by atoms with E-state index in [2.05, 4.69) is 37.1 Å². The average Bonchev–Trinajstić information content (AvgIpc) is 2.32. The average molecular weight is 266 g/mol. The molecule has 0 radical (unpaired) electrons. The third kappa shape index (κ3) is 3.55. The van der Waals surface area contributed by atoms with E-state index >= 15 is 0 Å². The number of nitrogens with zero attached hydrogens (tertiary/aromatic N) is 1. The van der Waals surface area contributed by atoms with Gasteiger partial charge in [0.2, 0.25) is 0 Å². The zero-order valence-electron chi connectivity index (χ0n) is 11.4. The van der Waals surface area contributed by atoms with Gasteiger partial charge in [0.15, 0.2) is 0 Å². The van der Waals surface area contributed by atoms with Gasteiger partial charge in [-0.15, -0.1) is 0 Å². The highest BCUT2D eigenvalue weighted by Gasteiger charge is 2.18. The molecular weight excluding hydrogens is 244 g/mol. The van der Waals surface area contributed by atoms with Crippen LogP contribution >= 0.6 is 0 Å². The van der Waals surface area contributed by atoms with E-state index in [1.165, 1.54) is 5.56 Å². The minimum atomic E-state index is -0.595. The monoisotopic (exact) mass is 266 g/mol. The van der Waals surface area contributed by atoms with E-state index in [1.807, 2.05) is 12.3 Å². The molecule has 100 valence electrons. The minimum absolute atomic E-state index is 0.146. The summed E-state index contributed by atoms with van der Waals surface area (Å²) in [4.78, 5) is 4.47. The molecule has 1 aliphatic heterocycles. The fourth-order valence-corrected chi connectivity index (χ4v) is 3.37. The number of hydrogen-bond acceptors (Lipinski definition) is 3. The van der Waals surface area contributed by atoms with E-state index < -0.39 is 10.8 Å². The first kappa shape index (κ1) is 13.5. The van der Waals surface area contributed by atoms with Crippen LogP contribution in [0, 0.1) is 0 Å². The Morgan fingerprint density at radius 3 is 2.44 bits per heavy atom. The first-order valence-electron chi connectivity index (χ1n) is 6.53. The van der Waals surface area contributed by atoms with Gasteiger partial charge in [-0.3, -0.25) is 4.21 Å². The molecule has 1 N–H and O–H groups in total. The Morgan fingerprint density at radius 2 is 1.94 bits per heavy atom. The van der Waals surface area contributed by atoms with Crippen molar-refractivity contribution in [2.75, 3.05) is 16.8 Å². The smallest absolute Gasteiger partial charge is 0.126 e. The van der Waals surface area contributed by atoms with E-state index in [4.69, 9.17) is 0 Å². The molecule has 3 nitrogen and oxygen atoms in total. The highest BCUT2D eigenvalue weighted by Crippen LogP contribution is 2.22. The fraction of sp³-hybridized carbons (Fsp3) is 0.643. The first-order chi connectivity index (χ1) is 8.45. The van der Waals surface area contributed by atoms with Crippen LogP contribution in [-0.2, 0) is 16.2 Å². The molecule has 1 fully saturated rings. The summed E-state index contributed by atoms with van der Waals surface area (Å²) in [7, 11) is -0.595. The van der Waals surface area contributed by atoms with Crippen molar-refractivity contribution >= 4 is 16.6 Å². The molecule has 0 aromatic carbocycles. The lowest BCUT2D eigenvalue weighted by atomic mass is 9.88. The van der Waals surface area contributed by atoms with E-state index in [1.54, 1.807) is 0 Å². The normalized spacial score (nSPS) is 24.8. The maximum atomic E-state index is 11.3. The standard InChI is InChI=1S/C14H22N2OS/c1-14(2,3)11-4-5-13(15-10-11)16-12-6-8-18(17)9-7-12/h4-5,10,12H,6-9H2,1-3H3,(H,15,16). The molecule has 0 saturated carbocycles. The highest BCUT2D eigenvalue weighted by atomic mass is 32.2. The van der Waals surface area contributed by atoms with Crippen LogP contribution in [0.15, 0.2) is 18.3 Å². The zero-order valence-corrected chi connectivity index (χ0v) is 12.2. The first-order valence-corrected chi connectivity index (χ1v) is 8.02. The summed E-state index contributed by atoms with van der Waals surface area (Å²) < 4.78 is 11.3. The molecule has 18 heavy (non-hydrogen) atoms. The van der Waals surface area contributed by atoms with Crippen LogP contribution < -0.4 is 5.32 Å². The topological polar surface area (TPSA) is 42.0 Å². The number of hydrogen-bond donors (Lipinski definition) is 1. The lowest BCUT2D eigenvalue weighted by Gasteiger charge is -2.24. The maximum Gasteiger partial charge on any atom is 0.126 e. The number of nitrogens with one attached hydrogen (secondary N) is 1. The van der Waals surface area contributed by atoms with Crippen LogP contribution in [-0.4, -0.2) is 26.7 Å². The Bertz CT molecular complexity index is 412. The Hall–Kier alpha value is -0.900. The number of rotatable bonds is 2. The summed E-state index contributed by atoms with van der Waals surface area (Å²) >= 11 is 0. The summed E-state index contributed by atoms with van der Waals surface area (Å²) in [5.74, 6) is 2.57. The molecule has 0 bridgehead atoms. The quantitative estimate of drug-likeness (QED) is 0.895. The van der Waals surface area contributed by atoms with Crippen molar-refractivity contribution < 1.29 is 4.21 Å². The second kappa shape index (κ2) is 5.39. The van der Waals surface area contributed by atoms with E-state index in [9.17, 15) is 4.21 Å². The van der Waals surface area contributed by atoms with Crippen molar-refractivity contribution in [2.45, 2.75) is 45.1 Å². The Kier molecular flexibility index (Phi) is 4.05. The molecule has 1 aromatic heterocycles. The molecule has 0 spiro atoms. The highest BCUT2D eigenvalue weighted by molar-refractivity contribution is 7.85. The summed E-state index contributed by atoms with van der Waals surface area (Å²) in [5, 5.41) is 3.43. The van der Waals surface area contributed by atoms with Gasteiger partial charge in [-0.2, -0.15) is 0 Å². The number of anilines is 1. The molecule has 4 heteroatoms. The second-order valence-electron chi connectivity index (χ2n) is 5.95. The Labute approximate surface area is 112 Å². The van der Waals surface area contributed by atoms with Gasteiger partial charge in [-0.25, -0.2) is 4.98 Å². The van der Waals surface area contributed by atoms with Gasteiger partial charge < -0.3 is 5.32 Å². The van der Waals surface area contributed by atoms with Crippen molar-refractivity contribution in [3.63, 3.8) is 0 Å². The molecule has 1 aromatic rings. The third-order valence-electron chi connectivity index (χ3n) is 3.37. The zero-order chi connectivity index (χ0) is 13.2. The van der Waals surface area contributed by atoms with Crippen molar-refractivity contribution in [2.24, 2.45) is 0 Å². The van der Waals surface area contributed by atoms with Crippen LogP contribution in [0.5, 0.6) is 0 Å². The predicted molar refractivity (Wildman–Crippen MR) is 77.5 cm³/mol. The van der Waals surface area contributed by atoms with Crippen molar-refractivity contribution in [1.29, 1.82) is 0 Å². The predicted octanol–water partition coefficient (Wildman–Crippen LogP) is 2.70. The SMILES string of the molecule is CC(C)(C)c1ccc(NC2CCS(=O)CC2)nc1. The fourth-order valence-electron chi connectivity index (χ4n) is 2.07. The molecule has 1 saturated heterocycles. The van der Waals surface area contributed by atoms with Crippen molar-refractivity contribution in [3.8, 4) is 0 Å². The molecule has 0 atom stereocenters. The molecule has 1 aliphatic rings. The Balaban J connectivity index is 1.96.